The lowest BCUT2D eigenvalue weighted by Gasteiger charge is -2.20. The van der Waals surface area contributed by atoms with Gasteiger partial charge in [0, 0.05) is 18.2 Å². The van der Waals surface area contributed by atoms with Crippen LogP contribution in [-0.4, -0.2) is 32.5 Å². The number of rotatable bonds is 6. The Morgan fingerprint density at radius 2 is 1.92 bits per heavy atom. The summed E-state index contributed by atoms with van der Waals surface area (Å²) in [6, 6.07) is 6.13. The molecule has 1 aromatic heterocycles. The first-order chi connectivity index (χ1) is 11.7. The van der Waals surface area contributed by atoms with Crippen LogP contribution in [0.25, 0.3) is 17.3 Å². The third-order valence-corrected chi connectivity index (χ3v) is 4.93. The highest BCUT2D eigenvalue weighted by Gasteiger charge is 2.25. The Balaban J connectivity index is 2.82. The number of hydrogen-bond donors (Lipinski definition) is 0. The van der Waals surface area contributed by atoms with Crippen molar-refractivity contribution in [1.29, 1.82) is 0 Å². The Morgan fingerprint density at radius 1 is 1.28 bits per heavy atom. The van der Waals surface area contributed by atoms with Gasteiger partial charge in [0.05, 0.1) is 18.5 Å². The maximum atomic E-state index is 14.3. The third-order valence-electron chi connectivity index (χ3n) is 3.67. The van der Waals surface area contributed by atoms with Gasteiger partial charge in [0.2, 0.25) is 5.95 Å². The predicted octanol–water partition coefficient (Wildman–Crippen LogP) is 3.38. The minimum Gasteiger partial charge on any atom is -0.257 e. The van der Waals surface area contributed by atoms with Gasteiger partial charge >= 0.3 is 10.3 Å². The van der Waals surface area contributed by atoms with Crippen molar-refractivity contribution in [1.82, 2.24) is 9.97 Å². The van der Waals surface area contributed by atoms with Crippen molar-refractivity contribution in [3.8, 4) is 11.3 Å². The molecule has 0 atom stereocenters. The van der Waals surface area contributed by atoms with Gasteiger partial charge in [-0.2, -0.15) is 8.42 Å². The molecular weight excluding hydrogens is 345 g/mol. The van der Waals surface area contributed by atoms with E-state index in [-0.39, 0.29) is 23.1 Å². The van der Waals surface area contributed by atoms with E-state index in [9.17, 15) is 12.8 Å². The first-order valence-electron chi connectivity index (χ1n) is 7.56. The molecule has 0 fully saturated rings. The number of hydrogen-bond acceptors (Lipinski definition) is 5. The molecule has 134 valence electrons. The quantitative estimate of drug-likeness (QED) is 0.785. The molecule has 1 aromatic carbocycles. The average molecular weight is 365 g/mol. The number of anilines is 1. The zero-order valence-electron chi connectivity index (χ0n) is 14.5. The van der Waals surface area contributed by atoms with Gasteiger partial charge < -0.3 is 0 Å². The normalized spacial score (nSPS) is 11.6. The van der Waals surface area contributed by atoms with E-state index >= 15 is 0 Å². The van der Waals surface area contributed by atoms with Crippen LogP contribution < -0.4 is 4.31 Å². The molecule has 0 aliphatic heterocycles. The van der Waals surface area contributed by atoms with E-state index in [0.29, 0.717) is 11.3 Å². The zero-order chi connectivity index (χ0) is 18.8. The van der Waals surface area contributed by atoms with Crippen LogP contribution in [0.1, 0.15) is 31.0 Å². The fourth-order valence-electron chi connectivity index (χ4n) is 2.33. The average Bonchev–Trinajstić information content (AvgIpc) is 2.60. The van der Waals surface area contributed by atoms with E-state index in [4.69, 9.17) is 0 Å². The lowest BCUT2D eigenvalue weighted by molar-refractivity contribution is 0.396. The first-order valence-corrected chi connectivity index (χ1v) is 8.93. The highest BCUT2D eigenvalue weighted by atomic mass is 32.2. The van der Waals surface area contributed by atoms with Crippen LogP contribution in [0.3, 0.4) is 0 Å². The summed E-state index contributed by atoms with van der Waals surface area (Å²) in [6.45, 7) is 7.57. The molecule has 0 aliphatic rings. The minimum absolute atomic E-state index is 0.0566. The summed E-state index contributed by atoms with van der Waals surface area (Å²) >= 11 is 0. The Labute approximate surface area is 147 Å². The van der Waals surface area contributed by atoms with Crippen LogP contribution in [0.5, 0.6) is 0 Å². The molecular formula is C17H20FN3O3S. The molecule has 8 heteroatoms. The molecule has 6 nitrogen and oxygen atoms in total. The van der Waals surface area contributed by atoms with Crippen LogP contribution >= 0.6 is 0 Å². The monoisotopic (exact) mass is 365 g/mol. The standard InChI is InChI=1S/C17H20FN3O3S/c1-6-12-15(11(2)3)19-17(21(4)25(22,23)24-5)20-16(12)13-9-7-8-10-14(13)18/h6-11H,1H2,2-5H3. The van der Waals surface area contributed by atoms with Crippen LogP contribution in [0.4, 0.5) is 10.3 Å². The highest BCUT2D eigenvalue weighted by molar-refractivity contribution is 7.88. The third kappa shape index (κ3) is 3.69. The van der Waals surface area contributed by atoms with Crippen molar-refractivity contribution in [3.63, 3.8) is 0 Å². The predicted molar refractivity (Wildman–Crippen MR) is 95.9 cm³/mol. The number of nitrogens with zero attached hydrogens (tertiary/aromatic N) is 3. The number of aromatic nitrogens is 2. The summed E-state index contributed by atoms with van der Waals surface area (Å²) in [7, 11) is -1.71. The van der Waals surface area contributed by atoms with E-state index in [0.717, 1.165) is 11.4 Å². The maximum Gasteiger partial charge on any atom is 0.364 e. The SMILES string of the molecule is C=Cc1c(-c2ccccc2F)nc(N(C)S(=O)(=O)OC)nc1C(C)C. The van der Waals surface area contributed by atoms with Gasteiger partial charge in [-0.15, -0.1) is 0 Å². The van der Waals surface area contributed by atoms with Gasteiger partial charge in [0.1, 0.15) is 5.82 Å². The van der Waals surface area contributed by atoms with Crippen LogP contribution in [0.2, 0.25) is 0 Å². The molecule has 0 aliphatic carbocycles. The molecule has 0 unspecified atom stereocenters. The molecule has 1 heterocycles. The Hall–Kier alpha value is -2.32. The summed E-state index contributed by atoms with van der Waals surface area (Å²) in [6.07, 6.45) is 1.55. The van der Waals surface area contributed by atoms with Gasteiger partial charge in [0.15, 0.2) is 0 Å². The lowest BCUT2D eigenvalue weighted by Crippen LogP contribution is -2.29. The van der Waals surface area contributed by atoms with Crippen LogP contribution in [0, 0.1) is 5.82 Å². The van der Waals surface area contributed by atoms with Crippen molar-refractivity contribution in [2.24, 2.45) is 0 Å². The van der Waals surface area contributed by atoms with Crippen molar-refractivity contribution < 1.29 is 17.0 Å². The molecule has 0 saturated carbocycles. The van der Waals surface area contributed by atoms with E-state index in [1.807, 2.05) is 13.8 Å². The van der Waals surface area contributed by atoms with Gasteiger partial charge in [-0.1, -0.05) is 38.6 Å². The molecule has 0 N–H and O–H groups in total. The fraction of sp³-hybridized carbons (Fsp3) is 0.294. The number of halogens is 1. The van der Waals surface area contributed by atoms with Gasteiger partial charge in [-0.25, -0.2) is 18.7 Å². The van der Waals surface area contributed by atoms with Gasteiger partial charge in [0.25, 0.3) is 0 Å². The zero-order valence-corrected chi connectivity index (χ0v) is 15.3. The Morgan fingerprint density at radius 3 is 2.44 bits per heavy atom. The topological polar surface area (TPSA) is 72.4 Å². The maximum absolute atomic E-state index is 14.3. The van der Waals surface area contributed by atoms with Gasteiger partial charge in [-0.3, -0.25) is 4.18 Å². The fourth-order valence-corrected chi connectivity index (χ4v) is 2.83. The molecule has 0 radical (unpaired) electrons. The second-order valence-electron chi connectivity index (χ2n) is 5.60. The first kappa shape index (κ1) is 19.0. The molecule has 0 spiro atoms. The molecule has 0 saturated heterocycles. The largest absolute Gasteiger partial charge is 0.364 e. The smallest absolute Gasteiger partial charge is 0.257 e. The van der Waals surface area contributed by atoms with E-state index < -0.39 is 16.1 Å². The van der Waals surface area contributed by atoms with E-state index in [1.165, 1.54) is 13.1 Å². The van der Waals surface area contributed by atoms with Gasteiger partial charge in [-0.05, 0) is 18.1 Å². The lowest BCUT2D eigenvalue weighted by atomic mass is 9.98. The summed E-state index contributed by atoms with van der Waals surface area (Å²) in [5.41, 5.74) is 1.65. The molecule has 25 heavy (non-hydrogen) atoms. The van der Waals surface area contributed by atoms with Crippen LogP contribution in [0.15, 0.2) is 30.8 Å². The second-order valence-corrected chi connectivity index (χ2v) is 7.34. The van der Waals surface area contributed by atoms with E-state index in [2.05, 4.69) is 20.7 Å². The van der Waals surface area contributed by atoms with Crippen molar-refractivity contribution in [3.05, 3.63) is 47.9 Å². The Bertz CT molecular complexity index is 898. The van der Waals surface area contributed by atoms with Crippen LogP contribution in [-0.2, 0) is 14.5 Å². The summed E-state index contributed by atoms with van der Waals surface area (Å²) < 4.78 is 43.6. The van der Waals surface area contributed by atoms with Crippen molar-refractivity contribution >= 4 is 22.3 Å². The summed E-state index contributed by atoms with van der Waals surface area (Å²) in [4.78, 5) is 8.61. The minimum atomic E-state index is -4.03. The summed E-state index contributed by atoms with van der Waals surface area (Å²) in [5, 5.41) is 0. The van der Waals surface area contributed by atoms with Crippen molar-refractivity contribution in [2.45, 2.75) is 19.8 Å². The van der Waals surface area contributed by atoms with Crippen molar-refractivity contribution in [2.75, 3.05) is 18.5 Å². The molecule has 2 rings (SSSR count). The molecule has 2 aromatic rings. The van der Waals surface area contributed by atoms with E-state index in [1.54, 1.807) is 24.3 Å². The highest BCUT2D eigenvalue weighted by Crippen LogP contribution is 2.32. The second kappa shape index (κ2) is 7.28. The Kier molecular flexibility index (Phi) is 5.54. The number of benzene rings is 1. The molecule has 0 bridgehead atoms. The molecule has 0 amide bonds. The summed E-state index contributed by atoms with van der Waals surface area (Å²) in [5.74, 6) is -0.629.